The fourth-order valence-corrected chi connectivity index (χ4v) is 3.59. The Kier molecular flexibility index (Phi) is 3.39. The highest BCUT2D eigenvalue weighted by molar-refractivity contribution is 6.22. The summed E-state index contributed by atoms with van der Waals surface area (Å²) in [6.07, 6.45) is 3.08. The largest absolute Gasteiger partial charge is 0.366 e. The fraction of sp³-hybridized carbons (Fsp3) is 0. The van der Waals surface area contributed by atoms with E-state index in [1.165, 1.54) is 18.3 Å². The van der Waals surface area contributed by atoms with Crippen LogP contribution in [0.25, 0.3) is 16.6 Å². The van der Waals surface area contributed by atoms with Crippen LogP contribution >= 0.6 is 0 Å². The predicted molar refractivity (Wildman–Crippen MR) is 101 cm³/mol. The van der Waals surface area contributed by atoms with E-state index in [9.17, 15) is 13.6 Å². The number of carbonyl (C=O) groups is 1. The van der Waals surface area contributed by atoms with E-state index in [4.69, 9.17) is 5.73 Å². The molecule has 2 aromatic heterocycles. The number of amides is 1. The zero-order valence-corrected chi connectivity index (χ0v) is 14.4. The van der Waals surface area contributed by atoms with Crippen molar-refractivity contribution in [2.75, 3.05) is 0 Å². The average molecular weight is 374 g/mol. The van der Waals surface area contributed by atoms with E-state index >= 15 is 0 Å². The van der Waals surface area contributed by atoms with Gasteiger partial charge in [-0.05, 0) is 24.3 Å². The summed E-state index contributed by atoms with van der Waals surface area (Å²) >= 11 is 0. The monoisotopic (exact) mass is 374 g/mol. The maximum atomic E-state index is 14.6. The van der Waals surface area contributed by atoms with Crippen LogP contribution in [0.3, 0.4) is 0 Å². The predicted octanol–water partition coefficient (Wildman–Crippen LogP) is 3.86. The van der Waals surface area contributed by atoms with Crippen molar-refractivity contribution < 1.29 is 13.6 Å². The number of nitrogens with zero attached hydrogens (tertiary/aromatic N) is 3. The molecule has 0 saturated heterocycles. The summed E-state index contributed by atoms with van der Waals surface area (Å²) in [5.74, 6) is -2.58. The van der Waals surface area contributed by atoms with E-state index in [0.717, 1.165) is 6.07 Å². The molecule has 1 aliphatic rings. The Bertz CT molecular complexity index is 1320. The summed E-state index contributed by atoms with van der Waals surface area (Å²) < 4.78 is 30.1. The summed E-state index contributed by atoms with van der Waals surface area (Å²) in [6.45, 7) is 0. The summed E-state index contributed by atoms with van der Waals surface area (Å²) in [5, 5.41) is 4.24. The van der Waals surface area contributed by atoms with Gasteiger partial charge in [-0.25, -0.2) is 18.3 Å². The topological polar surface area (TPSA) is 72.8 Å². The molecule has 0 radical (unpaired) electrons. The van der Waals surface area contributed by atoms with Gasteiger partial charge in [-0.2, -0.15) is 5.10 Å². The molecule has 7 heteroatoms. The van der Waals surface area contributed by atoms with Crippen molar-refractivity contribution in [3.8, 4) is 11.1 Å². The van der Waals surface area contributed by atoms with Crippen molar-refractivity contribution in [3.63, 3.8) is 0 Å². The number of benzene rings is 2. The highest BCUT2D eigenvalue weighted by Gasteiger charge is 2.27. The summed E-state index contributed by atoms with van der Waals surface area (Å²) in [6, 6.07) is 12.8. The highest BCUT2D eigenvalue weighted by Crippen LogP contribution is 2.40. The molecule has 0 atom stereocenters. The van der Waals surface area contributed by atoms with Gasteiger partial charge < -0.3 is 5.73 Å². The molecular formula is C21H12F2N4O. The number of aromatic nitrogens is 2. The van der Waals surface area contributed by atoms with Crippen LogP contribution in [0, 0.1) is 11.6 Å². The summed E-state index contributed by atoms with van der Waals surface area (Å²) in [4.78, 5) is 16.7. The minimum atomic E-state index is -0.986. The van der Waals surface area contributed by atoms with Crippen molar-refractivity contribution in [1.29, 1.82) is 0 Å². The van der Waals surface area contributed by atoms with E-state index in [1.54, 1.807) is 28.9 Å². The molecule has 5 nitrogen and oxygen atoms in total. The van der Waals surface area contributed by atoms with Crippen LogP contribution < -0.4 is 5.73 Å². The summed E-state index contributed by atoms with van der Waals surface area (Å²) in [7, 11) is 0. The first-order valence-electron chi connectivity index (χ1n) is 8.49. The lowest BCUT2D eigenvalue weighted by Crippen LogP contribution is -2.14. The second kappa shape index (κ2) is 5.82. The van der Waals surface area contributed by atoms with Gasteiger partial charge in [0.05, 0.1) is 28.7 Å². The van der Waals surface area contributed by atoms with Gasteiger partial charge in [0, 0.05) is 28.5 Å². The molecule has 0 bridgehead atoms. The van der Waals surface area contributed by atoms with Crippen molar-refractivity contribution in [2.24, 2.45) is 10.7 Å². The number of halogens is 2. The van der Waals surface area contributed by atoms with Gasteiger partial charge in [0.25, 0.3) is 5.91 Å². The molecule has 0 spiro atoms. The Morgan fingerprint density at radius 1 is 0.964 bits per heavy atom. The van der Waals surface area contributed by atoms with E-state index in [-0.39, 0.29) is 16.8 Å². The lowest BCUT2D eigenvalue weighted by atomic mass is 9.96. The van der Waals surface area contributed by atoms with Gasteiger partial charge in [-0.1, -0.05) is 24.3 Å². The van der Waals surface area contributed by atoms with Crippen LogP contribution in [0.2, 0.25) is 0 Å². The number of carbonyl (C=O) groups excluding carboxylic acids is 1. The zero-order valence-electron chi connectivity index (χ0n) is 14.4. The van der Waals surface area contributed by atoms with Crippen LogP contribution in [0.1, 0.15) is 21.5 Å². The van der Waals surface area contributed by atoms with E-state index in [0.29, 0.717) is 27.9 Å². The van der Waals surface area contributed by atoms with Gasteiger partial charge in [-0.15, -0.1) is 0 Å². The third-order valence-electron chi connectivity index (χ3n) is 4.82. The first-order valence-corrected chi connectivity index (χ1v) is 8.49. The standard InChI is InChI=1S/C21H12F2N4O/c22-15-6-3-5-12(18(15)23)19-13-8-9-27-20(13)17(14(10-25-27)21(24)28)11-4-1-2-7-16(11)26-19/h1-10H,(H2,24,28). The maximum Gasteiger partial charge on any atom is 0.251 e. The lowest BCUT2D eigenvalue weighted by molar-refractivity contribution is 0.100. The molecular weight excluding hydrogens is 362 g/mol. The van der Waals surface area contributed by atoms with Gasteiger partial charge in [0.15, 0.2) is 11.6 Å². The lowest BCUT2D eigenvalue weighted by Gasteiger charge is -2.10. The van der Waals surface area contributed by atoms with Crippen LogP contribution in [-0.2, 0) is 0 Å². The number of fused-ring (bicyclic) bond motifs is 2. The van der Waals surface area contributed by atoms with E-state index in [1.807, 2.05) is 12.1 Å². The Hall–Kier alpha value is -3.87. The third-order valence-corrected chi connectivity index (χ3v) is 4.82. The molecule has 1 amide bonds. The highest BCUT2D eigenvalue weighted by atomic mass is 19.2. The first-order chi connectivity index (χ1) is 13.6. The Balaban J connectivity index is 1.97. The molecule has 4 aromatic rings. The van der Waals surface area contributed by atoms with Crippen molar-refractivity contribution >= 4 is 22.8 Å². The second-order valence-electron chi connectivity index (χ2n) is 6.40. The number of hydrogen-bond acceptors (Lipinski definition) is 3. The Labute approximate surface area is 157 Å². The third kappa shape index (κ3) is 2.19. The average Bonchev–Trinajstić information content (AvgIpc) is 3.05. The number of para-hydroxylation sites is 1. The molecule has 28 heavy (non-hydrogen) atoms. The molecule has 3 heterocycles. The number of nitrogens with two attached hydrogens (primary N) is 1. The molecule has 5 rings (SSSR count). The second-order valence-corrected chi connectivity index (χ2v) is 6.40. The molecule has 2 aromatic carbocycles. The quantitative estimate of drug-likeness (QED) is 0.510. The van der Waals surface area contributed by atoms with Gasteiger partial charge >= 0.3 is 0 Å². The van der Waals surface area contributed by atoms with E-state index < -0.39 is 17.5 Å². The van der Waals surface area contributed by atoms with Gasteiger partial charge in [0.2, 0.25) is 0 Å². The van der Waals surface area contributed by atoms with Crippen molar-refractivity contribution in [1.82, 2.24) is 9.61 Å². The minimum absolute atomic E-state index is 0.0280. The first kappa shape index (κ1) is 16.3. The minimum Gasteiger partial charge on any atom is -0.366 e. The normalized spacial score (nSPS) is 12.4. The van der Waals surface area contributed by atoms with Crippen LogP contribution in [0.15, 0.2) is 65.9 Å². The molecule has 0 saturated carbocycles. The van der Waals surface area contributed by atoms with Crippen molar-refractivity contribution in [2.45, 2.75) is 0 Å². The van der Waals surface area contributed by atoms with Gasteiger partial charge in [-0.3, -0.25) is 4.79 Å². The molecule has 0 aliphatic carbocycles. The molecule has 0 unspecified atom stereocenters. The Morgan fingerprint density at radius 2 is 1.75 bits per heavy atom. The molecule has 0 fully saturated rings. The summed E-state index contributed by atoms with van der Waals surface area (Å²) in [5.41, 5.74) is 8.95. The van der Waals surface area contributed by atoms with Crippen LogP contribution in [-0.4, -0.2) is 21.2 Å². The smallest absolute Gasteiger partial charge is 0.251 e. The number of hydrogen-bond donors (Lipinski definition) is 1. The molecule has 1 aliphatic heterocycles. The molecule has 2 N–H and O–H groups in total. The number of rotatable bonds is 2. The zero-order chi connectivity index (χ0) is 19.4. The van der Waals surface area contributed by atoms with Gasteiger partial charge in [0.1, 0.15) is 0 Å². The number of aliphatic imine (C=N–C) groups is 1. The Morgan fingerprint density at radius 3 is 2.57 bits per heavy atom. The van der Waals surface area contributed by atoms with Crippen molar-refractivity contribution in [3.05, 3.63) is 89.2 Å². The SMILES string of the molecule is NC(=O)c1cnn2ccc3c2c1-c1ccccc1N=C3c1cccc(F)c1F. The van der Waals surface area contributed by atoms with Crippen LogP contribution in [0.4, 0.5) is 14.5 Å². The number of primary amides is 1. The van der Waals surface area contributed by atoms with E-state index in [2.05, 4.69) is 10.1 Å². The fourth-order valence-electron chi connectivity index (χ4n) is 3.59. The maximum absolute atomic E-state index is 14.6. The molecule has 136 valence electrons. The van der Waals surface area contributed by atoms with Crippen LogP contribution in [0.5, 0.6) is 0 Å².